The molecule has 0 atom stereocenters. The van der Waals surface area contributed by atoms with Gasteiger partial charge in [0.1, 0.15) is 0 Å². The van der Waals surface area contributed by atoms with Gasteiger partial charge in [-0.25, -0.2) is 0 Å². The SMILES string of the molecule is CC(C)(CNCC1(C(=O)O)CC1)C1CCOCC1. The highest BCUT2D eigenvalue weighted by Crippen LogP contribution is 2.45. The molecular formula is C14H25NO3. The van der Waals surface area contributed by atoms with Crippen molar-refractivity contribution in [2.75, 3.05) is 26.3 Å². The van der Waals surface area contributed by atoms with Crippen LogP contribution in [0.2, 0.25) is 0 Å². The van der Waals surface area contributed by atoms with Gasteiger partial charge in [0, 0.05) is 26.3 Å². The van der Waals surface area contributed by atoms with Crippen LogP contribution in [0.15, 0.2) is 0 Å². The molecule has 1 saturated carbocycles. The van der Waals surface area contributed by atoms with Crippen molar-refractivity contribution in [1.82, 2.24) is 5.32 Å². The summed E-state index contributed by atoms with van der Waals surface area (Å²) < 4.78 is 5.40. The maximum absolute atomic E-state index is 11.1. The first kappa shape index (κ1) is 13.8. The second kappa shape index (κ2) is 5.17. The van der Waals surface area contributed by atoms with Crippen molar-refractivity contribution in [1.29, 1.82) is 0 Å². The van der Waals surface area contributed by atoms with Crippen LogP contribution in [0.3, 0.4) is 0 Å². The lowest BCUT2D eigenvalue weighted by Crippen LogP contribution is -2.41. The third kappa shape index (κ3) is 3.04. The lowest BCUT2D eigenvalue weighted by atomic mass is 9.74. The highest BCUT2D eigenvalue weighted by atomic mass is 16.5. The monoisotopic (exact) mass is 255 g/mol. The summed E-state index contributed by atoms with van der Waals surface area (Å²) in [5, 5.41) is 12.5. The summed E-state index contributed by atoms with van der Waals surface area (Å²) in [7, 11) is 0. The molecule has 0 amide bonds. The number of hydrogen-bond donors (Lipinski definition) is 2. The Morgan fingerprint density at radius 3 is 2.50 bits per heavy atom. The Kier molecular flexibility index (Phi) is 3.97. The molecule has 0 spiro atoms. The minimum absolute atomic E-state index is 0.221. The molecule has 2 aliphatic rings. The number of nitrogens with one attached hydrogen (secondary N) is 1. The normalized spacial score (nSPS) is 23.9. The van der Waals surface area contributed by atoms with E-state index in [4.69, 9.17) is 9.84 Å². The molecule has 1 saturated heterocycles. The van der Waals surface area contributed by atoms with Gasteiger partial charge in [0.05, 0.1) is 5.41 Å². The summed E-state index contributed by atoms with van der Waals surface area (Å²) in [5.74, 6) is 0.0394. The van der Waals surface area contributed by atoms with Gasteiger partial charge in [-0.15, -0.1) is 0 Å². The average Bonchev–Trinajstić information content (AvgIpc) is 3.11. The second-order valence-electron chi connectivity index (χ2n) is 6.56. The molecule has 0 aromatic rings. The van der Waals surface area contributed by atoms with Crippen molar-refractivity contribution in [2.45, 2.75) is 39.5 Å². The number of ether oxygens (including phenoxy) is 1. The number of aliphatic carboxylic acids is 1. The van der Waals surface area contributed by atoms with Crippen molar-refractivity contribution in [3.8, 4) is 0 Å². The Bertz CT molecular complexity index is 304. The van der Waals surface area contributed by atoms with Gasteiger partial charge >= 0.3 is 5.97 Å². The third-order valence-corrected chi connectivity index (χ3v) is 4.68. The van der Waals surface area contributed by atoms with E-state index in [1.807, 2.05) is 0 Å². The summed E-state index contributed by atoms with van der Waals surface area (Å²) in [6, 6.07) is 0. The van der Waals surface area contributed by atoms with Crippen LogP contribution < -0.4 is 5.32 Å². The van der Waals surface area contributed by atoms with Crippen molar-refractivity contribution in [2.24, 2.45) is 16.7 Å². The van der Waals surface area contributed by atoms with Gasteiger partial charge in [0.15, 0.2) is 0 Å². The molecule has 0 bridgehead atoms. The number of hydrogen-bond acceptors (Lipinski definition) is 3. The first-order chi connectivity index (χ1) is 8.46. The van der Waals surface area contributed by atoms with E-state index in [0.29, 0.717) is 12.5 Å². The topological polar surface area (TPSA) is 58.6 Å². The van der Waals surface area contributed by atoms with Crippen molar-refractivity contribution in [3.63, 3.8) is 0 Å². The maximum Gasteiger partial charge on any atom is 0.310 e. The molecule has 1 aliphatic carbocycles. The fraction of sp³-hybridized carbons (Fsp3) is 0.929. The summed E-state index contributed by atoms with van der Waals surface area (Å²) in [6.07, 6.45) is 3.90. The first-order valence-electron chi connectivity index (χ1n) is 6.98. The highest BCUT2D eigenvalue weighted by Gasteiger charge is 2.50. The minimum Gasteiger partial charge on any atom is -0.481 e. The third-order valence-electron chi connectivity index (χ3n) is 4.68. The maximum atomic E-state index is 11.1. The molecular weight excluding hydrogens is 230 g/mol. The summed E-state index contributed by atoms with van der Waals surface area (Å²) >= 11 is 0. The lowest BCUT2D eigenvalue weighted by Gasteiger charge is -2.37. The molecule has 2 rings (SSSR count). The molecule has 4 heteroatoms. The standard InChI is InChI=1S/C14H25NO3/c1-13(2,11-3-7-18-8-4-11)9-15-10-14(5-6-14)12(16)17/h11,15H,3-10H2,1-2H3,(H,16,17). The van der Waals surface area contributed by atoms with Gasteiger partial charge in [-0.2, -0.15) is 0 Å². The van der Waals surface area contributed by atoms with Crippen LogP contribution >= 0.6 is 0 Å². The van der Waals surface area contributed by atoms with E-state index in [0.717, 1.165) is 45.4 Å². The van der Waals surface area contributed by atoms with Crippen LogP contribution in [-0.4, -0.2) is 37.4 Å². The zero-order valence-electron chi connectivity index (χ0n) is 11.5. The molecule has 0 radical (unpaired) electrons. The second-order valence-corrected chi connectivity index (χ2v) is 6.56. The fourth-order valence-electron chi connectivity index (χ4n) is 2.86. The van der Waals surface area contributed by atoms with Gasteiger partial charge < -0.3 is 15.2 Å². The van der Waals surface area contributed by atoms with Gasteiger partial charge in [0.2, 0.25) is 0 Å². The van der Waals surface area contributed by atoms with E-state index in [1.54, 1.807) is 0 Å². The predicted octanol–water partition coefficient (Wildman–Crippen LogP) is 1.89. The molecule has 2 fully saturated rings. The van der Waals surface area contributed by atoms with Gasteiger partial charge in [-0.1, -0.05) is 13.8 Å². The van der Waals surface area contributed by atoms with Crippen LogP contribution in [0.1, 0.15) is 39.5 Å². The molecule has 0 aromatic carbocycles. The first-order valence-corrected chi connectivity index (χ1v) is 6.98. The van der Waals surface area contributed by atoms with Gasteiger partial charge in [0.25, 0.3) is 0 Å². The van der Waals surface area contributed by atoms with Crippen LogP contribution in [-0.2, 0) is 9.53 Å². The molecule has 4 nitrogen and oxygen atoms in total. The van der Waals surface area contributed by atoms with E-state index in [1.165, 1.54) is 0 Å². The fourth-order valence-corrected chi connectivity index (χ4v) is 2.86. The lowest BCUT2D eigenvalue weighted by molar-refractivity contribution is -0.143. The molecule has 104 valence electrons. The largest absolute Gasteiger partial charge is 0.481 e. The van der Waals surface area contributed by atoms with Crippen molar-refractivity contribution in [3.05, 3.63) is 0 Å². The number of carboxylic acid groups (broad SMARTS) is 1. The van der Waals surface area contributed by atoms with Crippen LogP contribution in [0.4, 0.5) is 0 Å². The number of rotatable bonds is 6. The average molecular weight is 255 g/mol. The zero-order valence-corrected chi connectivity index (χ0v) is 11.5. The van der Waals surface area contributed by atoms with Crippen molar-refractivity contribution >= 4 is 5.97 Å². The van der Waals surface area contributed by atoms with Gasteiger partial charge in [-0.3, -0.25) is 4.79 Å². The zero-order chi connectivity index (χ0) is 13.2. The van der Waals surface area contributed by atoms with Crippen LogP contribution in [0.25, 0.3) is 0 Å². The molecule has 18 heavy (non-hydrogen) atoms. The van der Waals surface area contributed by atoms with E-state index in [9.17, 15) is 4.79 Å². The van der Waals surface area contributed by atoms with Gasteiger partial charge in [-0.05, 0) is 37.0 Å². The van der Waals surface area contributed by atoms with E-state index in [-0.39, 0.29) is 5.41 Å². The quantitative estimate of drug-likeness (QED) is 0.761. The van der Waals surface area contributed by atoms with Crippen LogP contribution in [0.5, 0.6) is 0 Å². The molecule has 0 unspecified atom stereocenters. The molecule has 0 aromatic heterocycles. The predicted molar refractivity (Wildman–Crippen MR) is 69.5 cm³/mol. The highest BCUT2D eigenvalue weighted by molar-refractivity contribution is 5.78. The number of carboxylic acids is 1. The summed E-state index contributed by atoms with van der Waals surface area (Å²) in [4.78, 5) is 11.1. The molecule has 1 aliphatic heterocycles. The smallest absolute Gasteiger partial charge is 0.310 e. The Hall–Kier alpha value is -0.610. The Labute approximate surface area is 109 Å². The minimum atomic E-state index is -0.640. The van der Waals surface area contributed by atoms with Crippen molar-refractivity contribution < 1.29 is 14.6 Å². The summed E-state index contributed by atoms with van der Waals surface area (Å²) in [5.41, 5.74) is -0.232. The van der Waals surface area contributed by atoms with E-state index < -0.39 is 11.4 Å². The molecule has 1 heterocycles. The van der Waals surface area contributed by atoms with Crippen LogP contribution in [0, 0.1) is 16.7 Å². The molecule has 2 N–H and O–H groups in total. The summed E-state index contributed by atoms with van der Waals surface area (Å²) in [6.45, 7) is 7.80. The van der Waals surface area contributed by atoms with E-state index in [2.05, 4.69) is 19.2 Å². The number of carbonyl (C=O) groups is 1. The Morgan fingerprint density at radius 2 is 2.00 bits per heavy atom. The Balaban J connectivity index is 1.76. The van der Waals surface area contributed by atoms with E-state index >= 15 is 0 Å². The Morgan fingerprint density at radius 1 is 1.39 bits per heavy atom.